The highest BCUT2D eigenvalue weighted by atomic mass is 16.2. The van der Waals surface area contributed by atoms with E-state index in [-0.39, 0.29) is 5.41 Å². The second-order valence-electron chi connectivity index (χ2n) is 5.51. The Balaban J connectivity index is 1.71. The van der Waals surface area contributed by atoms with Gasteiger partial charge in [-0.05, 0) is 44.6 Å². The quantitative estimate of drug-likeness (QED) is 0.734. The molecule has 0 aromatic carbocycles. The topological polar surface area (TPSA) is 32.3 Å². The molecule has 2 saturated heterocycles. The predicted molar refractivity (Wildman–Crippen MR) is 58.5 cm³/mol. The highest BCUT2D eigenvalue weighted by Crippen LogP contribution is 2.39. The van der Waals surface area contributed by atoms with E-state index in [2.05, 4.69) is 10.2 Å². The molecule has 1 spiro atoms. The fraction of sp³-hybridized carbons (Fsp3) is 0.917. The first-order valence-corrected chi connectivity index (χ1v) is 6.30. The van der Waals surface area contributed by atoms with Gasteiger partial charge in [-0.1, -0.05) is 0 Å². The number of nitrogens with one attached hydrogen (secondary N) is 1. The van der Waals surface area contributed by atoms with E-state index in [1.54, 1.807) is 0 Å². The average Bonchev–Trinajstić information content (AvgIpc) is 2.92. The lowest BCUT2D eigenvalue weighted by atomic mass is 9.78. The van der Waals surface area contributed by atoms with Gasteiger partial charge in [0.1, 0.15) is 0 Å². The normalized spacial score (nSPS) is 36.5. The summed E-state index contributed by atoms with van der Waals surface area (Å²) >= 11 is 0. The number of hydrogen-bond donors (Lipinski definition) is 1. The predicted octanol–water partition coefficient (Wildman–Crippen LogP) is 0.998. The van der Waals surface area contributed by atoms with Crippen LogP contribution in [0.2, 0.25) is 0 Å². The van der Waals surface area contributed by atoms with Crippen molar-refractivity contribution in [3.63, 3.8) is 0 Å². The molecule has 1 aliphatic carbocycles. The van der Waals surface area contributed by atoms with Gasteiger partial charge in [-0.3, -0.25) is 4.79 Å². The van der Waals surface area contributed by atoms with Crippen LogP contribution >= 0.6 is 0 Å². The van der Waals surface area contributed by atoms with Gasteiger partial charge in [0, 0.05) is 19.6 Å². The first kappa shape index (κ1) is 9.64. The molecule has 2 aliphatic heterocycles. The lowest BCUT2D eigenvalue weighted by Crippen LogP contribution is -2.50. The molecule has 1 saturated carbocycles. The first-order chi connectivity index (χ1) is 7.30. The summed E-state index contributed by atoms with van der Waals surface area (Å²) in [5.41, 5.74) is -0.00681. The van der Waals surface area contributed by atoms with Crippen molar-refractivity contribution in [3.8, 4) is 0 Å². The van der Waals surface area contributed by atoms with Crippen molar-refractivity contribution in [1.82, 2.24) is 10.2 Å². The van der Waals surface area contributed by atoms with E-state index in [0.29, 0.717) is 5.91 Å². The molecule has 3 nitrogen and oxygen atoms in total. The molecule has 15 heavy (non-hydrogen) atoms. The maximum atomic E-state index is 12.4. The molecule has 3 aliphatic rings. The molecule has 0 unspecified atom stereocenters. The molecule has 3 rings (SSSR count). The number of piperidine rings is 1. The number of rotatable bonds is 2. The molecule has 1 amide bonds. The zero-order valence-corrected chi connectivity index (χ0v) is 9.30. The Labute approximate surface area is 91.2 Å². The van der Waals surface area contributed by atoms with Gasteiger partial charge in [0.25, 0.3) is 0 Å². The SMILES string of the molecule is O=C1N(CC2CC2)CCC[C@@]12CCNC2. The number of nitrogens with zero attached hydrogens (tertiary/aromatic N) is 1. The van der Waals surface area contributed by atoms with E-state index in [1.807, 2.05) is 0 Å². The Kier molecular flexibility index (Phi) is 2.23. The van der Waals surface area contributed by atoms with Gasteiger partial charge in [-0.25, -0.2) is 0 Å². The zero-order chi connectivity index (χ0) is 10.3. The number of carbonyl (C=O) groups excluding carboxylic acids is 1. The minimum Gasteiger partial charge on any atom is -0.342 e. The number of carbonyl (C=O) groups is 1. The molecule has 1 N–H and O–H groups in total. The van der Waals surface area contributed by atoms with E-state index in [1.165, 1.54) is 19.3 Å². The Bertz CT molecular complexity index is 267. The summed E-state index contributed by atoms with van der Waals surface area (Å²) < 4.78 is 0. The summed E-state index contributed by atoms with van der Waals surface area (Å²) in [4.78, 5) is 14.5. The minimum atomic E-state index is -0.00681. The Morgan fingerprint density at radius 1 is 1.40 bits per heavy atom. The Morgan fingerprint density at radius 3 is 2.93 bits per heavy atom. The van der Waals surface area contributed by atoms with Crippen LogP contribution in [0.3, 0.4) is 0 Å². The third-order valence-corrected chi connectivity index (χ3v) is 4.24. The van der Waals surface area contributed by atoms with Crippen molar-refractivity contribution in [2.45, 2.75) is 32.1 Å². The summed E-state index contributed by atoms with van der Waals surface area (Å²) in [6.45, 7) is 4.01. The molecule has 0 aromatic heterocycles. The molecule has 2 heterocycles. The average molecular weight is 208 g/mol. The Morgan fingerprint density at radius 2 is 2.27 bits per heavy atom. The van der Waals surface area contributed by atoms with E-state index in [4.69, 9.17) is 0 Å². The van der Waals surface area contributed by atoms with Gasteiger partial charge in [-0.15, -0.1) is 0 Å². The van der Waals surface area contributed by atoms with Crippen molar-refractivity contribution in [2.75, 3.05) is 26.2 Å². The van der Waals surface area contributed by atoms with Crippen LogP contribution in [0.25, 0.3) is 0 Å². The van der Waals surface area contributed by atoms with Gasteiger partial charge in [0.2, 0.25) is 5.91 Å². The van der Waals surface area contributed by atoms with E-state index in [9.17, 15) is 4.79 Å². The molecule has 0 bridgehead atoms. The van der Waals surface area contributed by atoms with E-state index < -0.39 is 0 Å². The zero-order valence-electron chi connectivity index (χ0n) is 9.30. The summed E-state index contributed by atoms with van der Waals surface area (Å²) in [7, 11) is 0. The van der Waals surface area contributed by atoms with Crippen LogP contribution in [0.5, 0.6) is 0 Å². The van der Waals surface area contributed by atoms with Crippen LogP contribution in [0.15, 0.2) is 0 Å². The van der Waals surface area contributed by atoms with Gasteiger partial charge in [0.05, 0.1) is 5.41 Å². The third kappa shape index (κ3) is 1.67. The fourth-order valence-corrected chi connectivity index (χ4v) is 3.08. The smallest absolute Gasteiger partial charge is 0.230 e. The lowest BCUT2D eigenvalue weighted by Gasteiger charge is -2.39. The largest absolute Gasteiger partial charge is 0.342 e. The summed E-state index contributed by atoms with van der Waals surface area (Å²) in [6, 6.07) is 0. The molecule has 84 valence electrons. The number of amides is 1. The summed E-state index contributed by atoms with van der Waals surface area (Å²) in [6.07, 6.45) is 6.07. The summed E-state index contributed by atoms with van der Waals surface area (Å²) in [5.74, 6) is 1.28. The van der Waals surface area contributed by atoms with Crippen molar-refractivity contribution in [3.05, 3.63) is 0 Å². The highest BCUT2D eigenvalue weighted by molar-refractivity contribution is 5.84. The van der Waals surface area contributed by atoms with Gasteiger partial charge in [-0.2, -0.15) is 0 Å². The van der Waals surface area contributed by atoms with Crippen molar-refractivity contribution < 1.29 is 4.79 Å². The fourth-order valence-electron chi connectivity index (χ4n) is 3.08. The molecule has 0 aromatic rings. The maximum Gasteiger partial charge on any atom is 0.230 e. The second kappa shape index (κ2) is 3.48. The van der Waals surface area contributed by atoms with Crippen LogP contribution in [0, 0.1) is 11.3 Å². The Hall–Kier alpha value is -0.570. The van der Waals surface area contributed by atoms with E-state index >= 15 is 0 Å². The molecule has 3 fully saturated rings. The first-order valence-electron chi connectivity index (χ1n) is 6.30. The van der Waals surface area contributed by atoms with Crippen molar-refractivity contribution >= 4 is 5.91 Å². The van der Waals surface area contributed by atoms with Crippen molar-refractivity contribution in [2.24, 2.45) is 11.3 Å². The number of hydrogen-bond acceptors (Lipinski definition) is 2. The van der Waals surface area contributed by atoms with Crippen molar-refractivity contribution in [1.29, 1.82) is 0 Å². The molecular formula is C12H20N2O. The lowest BCUT2D eigenvalue weighted by molar-refractivity contribution is -0.145. The summed E-state index contributed by atoms with van der Waals surface area (Å²) in [5, 5.41) is 3.36. The van der Waals surface area contributed by atoms with Crippen LogP contribution in [-0.2, 0) is 4.79 Å². The van der Waals surface area contributed by atoms with Crippen LogP contribution in [0.1, 0.15) is 32.1 Å². The highest BCUT2D eigenvalue weighted by Gasteiger charge is 2.46. The van der Waals surface area contributed by atoms with Crippen LogP contribution in [-0.4, -0.2) is 37.0 Å². The standard InChI is InChI=1S/C12H20N2O/c15-11-12(5-6-13-9-12)4-1-7-14(11)8-10-2-3-10/h10,13H,1-9H2/t12-/m0/s1. The second-order valence-corrected chi connectivity index (χ2v) is 5.51. The maximum absolute atomic E-state index is 12.4. The van der Waals surface area contributed by atoms with E-state index in [0.717, 1.165) is 44.9 Å². The molecule has 1 atom stereocenters. The minimum absolute atomic E-state index is 0.00681. The monoisotopic (exact) mass is 208 g/mol. The molecule has 0 radical (unpaired) electrons. The number of likely N-dealkylation sites (tertiary alicyclic amines) is 1. The van der Waals surface area contributed by atoms with Crippen LogP contribution in [0.4, 0.5) is 0 Å². The van der Waals surface area contributed by atoms with Gasteiger partial charge in [0.15, 0.2) is 0 Å². The molecule has 3 heteroatoms. The van der Waals surface area contributed by atoms with Gasteiger partial charge < -0.3 is 10.2 Å². The van der Waals surface area contributed by atoms with Gasteiger partial charge >= 0.3 is 0 Å². The third-order valence-electron chi connectivity index (χ3n) is 4.24. The molecular weight excluding hydrogens is 188 g/mol. The van der Waals surface area contributed by atoms with Crippen LogP contribution < -0.4 is 5.32 Å².